The number of halogens is 5. The molecule has 0 aliphatic rings. The van der Waals surface area contributed by atoms with E-state index in [-0.39, 0.29) is 20.6 Å². The van der Waals surface area contributed by atoms with Crippen LogP contribution in [0.3, 0.4) is 0 Å². The zero-order valence-electron chi connectivity index (χ0n) is 25.5. The Kier molecular flexibility index (Phi) is 14.4. The van der Waals surface area contributed by atoms with Crippen molar-refractivity contribution in [2.45, 2.75) is 62.2 Å². The number of anilines is 2. The van der Waals surface area contributed by atoms with Crippen LogP contribution in [0.1, 0.15) is 52.7 Å². The van der Waals surface area contributed by atoms with Crippen LogP contribution in [0.25, 0.3) is 0 Å². The molecule has 0 saturated heterocycles. The van der Waals surface area contributed by atoms with Gasteiger partial charge < -0.3 is 5.73 Å². The minimum absolute atomic E-state index is 0.0126. The van der Waals surface area contributed by atoms with E-state index >= 15 is 0 Å². The summed E-state index contributed by atoms with van der Waals surface area (Å²) in [5, 5.41) is 1.30. The number of sulfonamides is 1. The molecule has 0 aliphatic carbocycles. The van der Waals surface area contributed by atoms with Crippen LogP contribution in [0, 0.1) is 7.14 Å². The summed E-state index contributed by atoms with van der Waals surface area (Å²) < 4.78 is 51.2. The summed E-state index contributed by atoms with van der Waals surface area (Å²) in [6.45, 7) is 12.5. The van der Waals surface area contributed by atoms with E-state index in [1.165, 1.54) is 12.1 Å². The molecular weight excluding hydrogens is 901 g/mol. The molecule has 0 bridgehead atoms. The molecule has 45 heavy (non-hydrogen) atoms. The predicted octanol–water partition coefficient (Wildman–Crippen LogP) is 10.5. The lowest BCUT2D eigenvalue weighted by Gasteiger charge is -2.19. The Bertz CT molecular complexity index is 1820. The molecule has 0 heterocycles. The van der Waals surface area contributed by atoms with Gasteiger partial charge >= 0.3 is 0 Å². The first-order valence-electron chi connectivity index (χ1n) is 13.3. The molecule has 0 unspecified atom stereocenters. The van der Waals surface area contributed by atoms with E-state index in [0.717, 1.165) is 29.0 Å². The largest absolute Gasteiger partial charge is 0.398 e. The van der Waals surface area contributed by atoms with Crippen LogP contribution in [-0.2, 0) is 29.9 Å². The van der Waals surface area contributed by atoms with Gasteiger partial charge in [0.2, 0.25) is 0 Å². The number of hydrogen-bond acceptors (Lipinski definition) is 5. The van der Waals surface area contributed by atoms with Gasteiger partial charge in [0.15, 0.2) is 0 Å². The first kappa shape index (κ1) is 39.9. The molecule has 0 atom stereocenters. The number of rotatable bonds is 4. The Labute approximate surface area is 309 Å². The molecule has 6 nitrogen and oxygen atoms in total. The van der Waals surface area contributed by atoms with E-state index in [2.05, 4.69) is 68.9 Å². The summed E-state index contributed by atoms with van der Waals surface area (Å²) in [6, 6.07) is 24.0. The highest BCUT2D eigenvalue weighted by Gasteiger charge is 2.19. The van der Waals surface area contributed by atoms with Gasteiger partial charge in [-0.25, -0.2) is 16.8 Å². The molecule has 0 saturated carbocycles. The van der Waals surface area contributed by atoms with Gasteiger partial charge in [-0.2, -0.15) is 0 Å². The van der Waals surface area contributed by atoms with E-state index in [1.54, 1.807) is 54.6 Å². The third-order valence-corrected chi connectivity index (χ3v) is 11.2. The van der Waals surface area contributed by atoms with E-state index in [0.29, 0.717) is 10.7 Å². The topological polar surface area (TPSA) is 106 Å². The van der Waals surface area contributed by atoms with Crippen molar-refractivity contribution in [3.8, 4) is 0 Å². The van der Waals surface area contributed by atoms with E-state index in [9.17, 15) is 16.8 Å². The van der Waals surface area contributed by atoms with Gasteiger partial charge in [-0.15, -0.1) is 0 Å². The summed E-state index contributed by atoms with van der Waals surface area (Å²) in [5.74, 6) is 0. The van der Waals surface area contributed by atoms with Crippen molar-refractivity contribution in [1.29, 1.82) is 0 Å². The minimum Gasteiger partial charge on any atom is -0.398 e. The quantitative estimate of drug-likeness (QED) is 0.120. The molecule has 4 aromatic rings. The van der Waals surface area contributed by atoms with E-state index in [1.807, 2.05) is 40.8 Å². The van der Waals surface area contributed by atoms with Crippen molar-refractivity contribution in [2.24, 2.45) is 0 Å². The monoisotopic (exact) mass is 934 g/mol. The zero-order valence-corrected chi connectivity index (χ0v) is 33.7. The molecule has 4 aromatic carbocycles. The predicted molar refractivity (Wildman–Crippen MR) is 207 cm³/mol. The maximum Gasteiger partial charge on any atom is 0.261 e. The number of hydrogen-bond donors (Lipinski definition) is 2. The second-order valence-electron chi connectivity index (χ2n) is 11.9. The highest BCUT2D eigenvalue weighted by atomic mass is 127. The first-order chi connectivity index (χ1) is 20.5. The third-order valence-electron chi connectivity index (χ3n) is 6.17. The number of nitrogens with two attached hydrogens (primary N) is 1. The van der Waals surface area contributed by atoms with Crippen LogP contribution < -0.4 is 10.5 Å². The molecule has 0 spiro atoms. The lowest BCUT2D eigenvalue weighted by atomic mass is 9.87. The summed E-state index contributed by atoms with van der Waals surface area (Å²) in [7, 11) is -2.00. The molecule has 0 amide bonds. The molecule has 4 rings (SSSR count). The smallest absolute Gasteiger partial charge is 0.261 e. The SMILES string of the molecule is CC(C)(C)c1ccc(S(=O)(=O)Cl)cc1.CC(C)(C)c1ccc(S(=O)(=O)Nc2ccc(Cl)cc2I)cc1.Nc1ccc(Cl)cc1I. The van der Waals surface area contributed by atoms with Gasteiger partial charge in [-0.1, -0.05) is 89.0 Å². The Hall–Kier alpha value is -1.29. The fourth-order valence-corrected chi connectivity index (χ4v) is 7.44. The van der Waals surface area contributed by atoms with E-state index in [4.69, 9.17) is 39.6 Å². The molecule has 0 aliphatic heterocycles. The van der Waals surface area contributed by atoms with Crippen LogP contribution in [0.5, 0.6) is 0 Å². The standard InChI is InChI=1S/C16H17ClINO2S.C10H13ClO2S.C6H5ClIN/c1-16(2,3)11-4-7-13(8-5-11)22(20,21)19-15-9-6-12(17)10-14(15)18;1-10(2,3)8-4-6-9(7-5-8)14(11,12)13;7-4-1-2-6(9)5(8)3-4/h4-10,19H,1-3H3;4-7H,1-3H3;1-3H,9H2. The average Bonchev–Trinajstić information content (AvgIpc) is 2.92. The number of benzene rings is 4. The fourth-order valence-electron chi connectivity index (χ4n) is 3.53. The van der Waals surface area contributed by atoms with Crippen molar-refractivity contribution in [3.63, 3.8) is 0 Å². The van der Waals surface area contributed by atoms with Crippen LogP contribution >= 0.6 is 79.1 Å². The molecular formula is C32H35Cl3I2N2O4S2. The average molecular weight is 936 g/mol. The Balaban J connectivity index is 0.000000261. The van der Waals surface area contributed by atoms with Gasteiger partial charge in [0.1, 0.15) is 0 Å². The number of nitrogens with one attached hydrogen (secondary N) is 1. The summed E-state index contributed by atoms with van der Waals surface area (Å²) in [5.41, 5.74) is 9.00. The molecule has 0 radical (unpaired) electrons. The van der Waals surface area contributed by atoms with Gasteiger partial charge in [0.05, 0.1) is 15.5 Å². The van der Waals surface area contributed by atoms with Gasteiger partial charge in [-0.3, -0.25) is 4.72 Å². The van der Waals surface area contributed by atoms with Crippen LogP contribution in [0.15, 0.2) is 94.7 Å². The Morgan fingerprint density at radius 2 is 1.02 bits per heavy atom. The Morgan fingerprint density at radius 1 is 0.622 bits per heavy atom. The second-order valence-corrected chi connectivity index (χ2v) is 19.3. The lowest BCUT2D eigenvalue weighted by Crippen LogP contribution is -2.15. The number of nitrogen functional groups attached to an aromatic ring is 1. The minimum atomic E-state index is -3.61. The van der Waals surface area contributed by atoms with Crippen molar-refractivity contribution in [3.05, 3.63) is 113 Å². The molecule has 3 N–H and O–H groups in total. The maximum absolute atomic E-state index is 12.5. The zero-order chi connectivity index (χ0) is 34.4. The molecule has 0 fully saturated rings. The van der Waals surface area contributed by atoms with Crippen LogP contribution in [-0.4, -0.2) is 16.8 Å². The van der Waals surface area contributed by atoms with Crippen LogP contribution in [0.2, 0.25) is 10.0 Å². The molecule has 13 heteroatoms. The van der Waals surface area contributed by atoms with Crippen molar-refractivity contribution in [1.82, 2.24) is 0 Å². The first-order valence-corrected chi connectivity index (χ1v) is 20.1. The van der Waals surface area contributed by atoms with Gasteiger partial charge in [0.25, 0.3) is 19.1 Å². The van der Waals surface area contributed by atoms with E-state index < -0.39 is 19.1 Å². The van der Waals surface area contributed by atoms with Crippen molar-refractivity contribution in [2.75, 3.05) is 10.5 Å². The van der Waals surface area contributed by atoms with Crippen molar-refractivity contribution < 1.29 is 16.8 Å². The lowest BCUT2D eigenvalue weighted by molar-refractivity contribution is 0.587. The van der Waals surface area contributed by atoms with Crippen molar-refractivity contribution >= 4 is 110 Å². The normalized spacial score (nSPS) is 11.9. The summed E-state index contributed by atoms with van der Waals surface area (Å²) in [4.78, 5) is 0.387. The summed E-state index contributed by atoms with van der Waals surface area (Å²) in [6.07, 6.45) is 0. The highest BCUT2D eigenvalue weighted by molar-refractivity contribution is 14.1. The van der Waals surface area contributed by atoms with Gasteiger partial charge in [0, 0.05) is 33.6 Å². The third kappa shape index (κ3) is 13.0. The van der Waals surface area contributed by atoms with Crippen LogP contribution in [0.4, 0.5) is 11.4 Å². The summed E-state index contributed by atoms with van der Waals surface area (Å²) >= 11 is 15.7. The maximum atomic E-state index is 12.5. The fraction of sp³-hybridized carbons (Fsp3) is 0.250. The second kappa shape index (κ2) is 16.2. The highest BCUT2D eigenvalue weighted by Crippen LogP contribution is 2.27. The molecule has 0 aromatic heterocycles. The Morgan fingerprint density at radius 3 is 1.38 bits per heavy atom. The van der Waals surface area contributed by atoms with Gasteiger partial charge in [-0.05, 0) is 128 Å². The molecule has 244 valence electrons.